The molecule has 0 bridgehead atoms. The van der Waals surface area contributed by atoms with Crippen LogP contribution in [0.3, 0.4) is 0 Å². The number of carbonyl (C=O) groups is 1. The summed E-state index contributed by atoms with van der Waals surface area (Å²) in [4.78, 5) is 53.6. The van der Waals surface area contributed by atoms with E-state index in [1.807, 2.05) is 30.3 Å². The molecule has 5 rings (SSSR count). The lowest BCUT2D eigenvalue weighted by Crippen LogP contribution is -2.38. The van der Waals surface area contributed by atoms with E-state index >= 15 is 0 Å². The summed E-state index contributed by atoms with van der Waals surface area (Å²) in [6, 6.07) is 11.6. The van der Waals surface area contributed by atoms with Gasteiger partial charge in [0.05, 0.1) is 28.8 Å². The number of hydrogen-bond donors (Lipinski definition) is 0. The quantitative estimate of drug-likeness (QED) is 0.362. The van der Waals surface area contributed by atoms with Crippen molar-refractivity contribution in [3.05, 3.63) is 81.0 Å². The summed E-state index contributed by atoms with van der Waals surface area (Å²) >= 11 is 1.44. The molecule has 0 unspecified atom stereocenters. The molecule has 0 aliphatic carbocycles. The lowest BCUT2D eigenvalue weighted by Gasteiger charge is -2.20. The van der Waals surface area contributed by atoms with Crippen LogP contribution in [-0.4, -0.2) is 34.6 Å². The minimum Gasteiger partial charge on any atom is -0.315 e. The number of pyridine rings is 1. The number of hydrogen-bond acceptors (Lipinski definition) is 7. The maximum absolute atomic E-state index is 13.6. The van der Waals surface area contributed by atoms with E-state index in [0.29, 0.717) is 10.8 Å². The van der Waals surface area contributed by atoms with Gasteiger partial charge in [0.2, 0.25) is 5.91 Å². The molecule has 0 saturated heterocycles. The highest BCUT2D eigenvalue weighted by molar-refractivity contribution is 7.22. The molecule has 0 spiro atoms. The number of carbonyl (C=O) groups excluding carboxylic acids is 1. The van der Waals surface area contributed by atoms with Gasteiger partial charge in [-0.25, -0.2) is 14.8 Å². The molecule has 0 saturated carbocycles. The highest BCUT2D eigenvalue weighted by Gasteiger charge is 2.23. The first-order valence-electron chi connectivity index (χ1n) is 11.1. The second kappa shape index (κ2) is 8.91. The van der Waals surface area contributed by atoms with Gasteiger partial charge in [-0.15, -0.1) is 0 Å². The van der Waals surface area contributed by atoms with Crippen LogP contribution in [0.1, 0.15) is 18.2 Å². The number of rotatable bonds is 6. The minimum absolute atomic E-state index is 0.146. The molecule has 0 fully saturated rings. The Kier molecular flexibility index (Phi) is 5.77. The molecule has 35 heavy (non-hydrogen) atoms. The Morgan fingerprint density at radius 3 is 2.66 bits per heavy atom. The Morgan fingerprint density at radius 2 is 1.91 bits per heavy atom. The van der Waals surface area contributed by atoms with Crippen LogP contribution in [0.2, 0.25) is 0 Å². The summed E-state index contributed by atoms with van der Waals surface area (Å²) in [5.74, 6) is -0.277. The van der Waals surface area contributed by atoms with Crippen molar-refractivity contribution in [3.8, 4) is 0 Å². The van der Waals surface area contributed by atoms with Gasteiger partial charge in [-0.05, 0) is 36.2 Å². The Hall–Kier alpha value is -4.12. The van der Waals surface area contributed by atoms with E-state index in [4.69, 9.17) is 4.98 Å². The molecule has 0 atom stereocenters. The highest BCUT2D eigenvalue weighted by Crippen LogP contribution is 2.31. The first-order chi connectivity index (χ1) is 16.9. The van der Waals surface area contributed by atoms with E-state index in [0.717, 1.165) is 21.2 Å². The number of amides is 1. The van der Waals surface area contributed by atoms with Crippen LogP contribution < -0.4 is 16.1 Å². The number of aromatic nitrogens is 6. The van der Waals surface area contributed by atoms with Crippen LogP contribution in [0, 0.1) is 0 Å². The smallest absolute Gasteiger partial charge is 0.315 e. The van der Waals surface area contributed by atoms with Crippen molar-refractivity contribution in [2.45, 2.75) is 26.4 Å². The molecule has 0 aliphatic heterocycles. The summed E-state index contributed by atoms with van der Waals surface area (Å²) in [6.45, 7) is 2.17. The fourth-order valence-electron chi connectivity index (χ4n) is 3.96. The van der Waals surface area contributed by atoms with Crippen molar-refractivity contribution >= 4 is 43.8 Å². The van der Waals surface area contributed by atoms with Gasteiger partial charge in [0.1, 0.15) is 6.54 Å². The molecular formula is C24H23N7O3S. The van der Waals surface area contributed by atoms with E-state index in [9.17, 15) is 14.4 Å². The Bertz CT molecular complexity index is 1680. The third-order valence-electron chi connectivity index (χ3n) is 5.95. The number of fused-ring (bicyclic) bond motifs is 2. The van der Waals surface area contributed by atoms with Crippen LogP contribution in [0.5, 0.6) is 0 Å². The van der Waals surface area contributed by atoms with E-state index in [-0.39, 0.29) is 30.2 Å². The second-order valence-corrected chi connectivity index (χ2v) is 9.21. The van der Waals surface area contributed by atoms with E-state index in [2.05, 4.69) is 23.0 Å². The number of thiazole rings is 1. The Labute approximate surface area is 203 Å². The topological polar surface area (TPSA) is 108 Å². The van der Waals surface area contributed by atoms with Gasteiger partial charge >= 0.3 is 5.69 Å². The minimum atomic E-state index is -0.503. The van der Waals surface area contributed by atoms with Gasteiger partial charge in [0.25, 0.3) is 5.56 Å². The van der Waals surface area contributed by atoms with Crippen molar-refractivity contribution < 1.29 is 4.79 Å². The zero-order valence-electron chi connectivity index (χ0n) is 19.5. The van der Waals surface area contributed by atoms with Crippen LogP contribution >= 0.6 is 11.3 Å². The van der Waals surface area contributed by atoms with Gasteiger partial charge in [0, 0.05) is 20.3 Å². The zero-order chi connectivity index (χ0) is 24.7. The van der Waals surface area contributed by atoms with Crippen molar-refractivity contribution in [1.29, 1.82) is 0 Å². The summed E-state index contributed by atoms with van der Waals surface area (Å²) in [5.41, 5.74) is 2.17. The maximum Gasteiger partial charge on any atom is 0.332 e. The fourth-order valence-corrected chi connectivity index (χ4v) is 5.00. The lowest BCUT2D eigenvalue weighted by molar-refractivity contribution is -0.119. The number of aryl methyl sites for hydroxylation is 2. The molecule has 0 radical (unpaired) electrons. The summed E-state index contributed by atoms with van der Waals surface area (Å²) in [6.07, 6.45) is 4.00. The van der Waals surface area contributed by atoms with E-state index in [1.165, 1.54) is 39.4 Å². The molecule has 178 valence electrons. The zero-order valence-corrected chi connectivity index (χ0v) is 20.3. The standard InChI is InChI=1S/C24H23N7O3S/c1-4-15-8-9-17-18(11-15)35-23(27-17)31(12-16-7-5-6-10-25-16)19(32)13-30-14-26-21-20(30)22(33)29(3)24(34)28(21)2/h5-11,14H,4,12-13H2,1-3H3. The summed E-state index contributed by atoms with van der Waals surface area (Å²) in [7, 11) is 2.95. The molecule has 0 aliphatic rings. The van der Waals surface area contributed by atoms with Gasteiger partial charge in [0.15, 0.2) is 16.3 Å². The van der Waals surface area contributed by atoms with Gasteiger partial charge in [-0.1, -0.05) is 30.4 Å². The molecule has 4 heterocycles. The molecule has 11 heteroatoms. The number of imidazole rings is 1. The summed E-state index contributed by atoms with van der Waals surface area (Å²) in [5, 5.41) is 0.550. The molecule has 10 nitrogen and oxygen atoms in total. The third-order valence-corrected chi connectivity index (χ3v) is 6.99. The molecule has 4 aromatic heterocycles. The predicted molar refractivity (Wildman–Crippen MR) is 135 cm³/mol. The van der Waals surface area contributed by atoms with Crippen LogP contribution in [0.15, 0.2) is 58.5 Å². The normalized spacial score (nSPS) is 11.4. The number of benzene rings is 1. The Morgan fingerprint density at radius 1 is 1.09 bits per heavy atom. The predicted octanol–water partition coefficient (Wildman–Crippen LogP) is 2.23. The first-order valence-corrected chi connectivity index (χ1v) is 11.9. The van der Waals surface area contributed by atoms with Gasteiger partial charge < -0.3 is 4.57 Å². The van der Waals surface area contributed by atoms with Crippen molar-refractivity contribution in [1.82, 2.24) is 28.7 Å². The molecule has 1 aromatic carbocycles. The largest absolute Gasteiger partial charge is 0.332 e. The second-order valence-electron chi connectivity index (χ2n) is 8.20. The number of nitrogens with zero attached hydrogens (tertiary/aromatic N) is 7. The van der Waals surface area contributed by atoms with Crippen molar-refractivity contribution in [3.63, 3.8) is 0 Å². The fraction of sp³-hybridized carbons (Fsp3) is 0.250. The number of anilines is 1. The van der Waals surface area contributed by atoms with E-state index < -0.39 is 11.2 Å². The van der Waals surface area contributed by atoms with E-state index in [1.54, 1.807) is 18.1 Å². The SMILES string of the molecule is CCc1ccc2nc(N(Cc3ccccn3)C(=O)Cn3cnc4c3c(=O)n(C)c(=O)n4C)sc2c1. The first kappa shape index (κ1) is 22.7. The van der Waals surface area contributed by atoms with Gasteiger partial charge in [-0.3, -0.25) is 28.6 Å². The average Bonchev–Trinajstić information content (AvgIpc) is 3.49. The van der Waals surface area contributed by atoms with Crippen molar-refractivity contribution in [2.24, 2.45) is 14.1 Å². The van der Waals surface area contributed by atoms with Crippen LogP contribution in [-0.2, 0) is 38.4 Å². The summed E-state index contributed by atoms with van der Waals surface area (Å²) < 4.78 is 4.78. The molecular weight excluding hydrogens is 466 g/mol. The van der Waals surface area contributed by atoms with Crippen molar-refractivity contribution in [2.75, 3.05) is 4.90 Å². The molecule has 0 N–H and O–H groups in total. The van der Waals surface area contributed by atoms with Crippen LogP contribution in [0.25, 0.3) is 21.4 Å². The maximum atomic E-state index is 13.6. The molecule has 5 aromatic rings. The highest BCUT2D eigenvalue weighted by atomic mass is 32.1. The van der Waals surface area contributed by atoms with Crippen LogP contribution in [0.4, 0.5) is 5.13 Å². The Balaban J connectivity index is 1.56. The molecule has 1 amide bonds. The lowest BCUT2D eigenvalue weighted by atomic mass is 10.2. The van der Waals surface area contributed by atoms with Gasteiger partial charge in [-0.2, -0.15) is 0 Å². The monoisotopic (exact) mass is 489 g/mol. The average molecular weight is 490 g/mol. The third kappa shape index (κ3) is 4.03.